The molecule has 1 aromatic carbocycles. The van der Waals surface area contributed by atoms with Gasteiger partial charge in [0.05, 0.1) is 0 Å². The molecular formula is C18H24N2O5. The maximum Gasteiger partial charge on any atom is 0.326 e. The second-order valence-electron chi connectivity index (χ2n) is 6.52. The summed E-state index contributed by atoms with van der Waals surface area (Å²) in [5.74, 6) is -0.861. The summed E-state index contributed by atoms with van der Waals surface area (Å²) in [5, 5.41) is 11.6. The Balaban J connectivity index is 1.91. The number of ether oxygens (including phenoxy) is 1. The fraction of sp³-hybridized carbons (Fsp3) is 0.500. The molecule has 2 amide bonds. The van der Waals surface area contributed by atoms with Gasteiger partial charge in [0.15, 0.2) is 6.61 Å². The van der Waals surface area contributed by atoms with E-state index in [1.807, 2.05) is 19.9 Å². The first-order valence-corrected chi connectivity index (χ1v) is 8.42. The molecule has 0 saturated carbocycles. The minimum absolute atomic E-state index is 0.0767. The zero-order chi connectivity index (χ0) is 18.4. The van der Waals surface area contributed by atoms with Crippen molar-refractivity contribution in [3.05, 3.63) is 24.3 Å². The minimum Gasteiger partial charge on any atom is -0.484 e. The summed E-state index contributed by atoms with van der Waals surface area (Å²) >= 11 is 0. The average Bonchev–Trinajstić information content (AvgIpc) is 2.98. The second-order valence-corrected chi connectivity index (χ2v) is 6.52. The molecule has 0 spiro atoms. The molecule has 7 nitrogen and oxygen atoms in total. The van der Waals surface area contributed by atoms with Crippen molar-refractivity contribution in [1.82, 2.24) is 5.32 Å². The highest BCUT2D eigenvalue weighted by Gasteiger charge is 2.23. The lowest BCUT2D eigenvalue weighted by atomic mass is 10.0. The summed E-state index contributed by atoms with van der Waals surface area (Å²) in [6.45, 7) is 4.19. The van der Waals surface area contributed by atoms with E-state index in [1.54, 1.807) is 23.1 Å². The molecule has 0 aromatic heterocycles. The van der Waals surface area contributed by atoms with Gasteiger partial charge in [-0.05, 0) is 30.9 Å². The first-order valence-electron chi connectivity index (χ1n) is 8.42. The third-order valence-corrected chi connectivity index (χ3v) is 3.91. The van der Waals surface area contributed by atoms with E-state index in [0.29, 0.717) is 25.1 Å². The zero-order valence-corrected chi connectivity index (χ0v) is 14.5. The van der Waals surface area contributed by atoms with Crippen LogP contribution in [0.15, 0.2) is 24.3 Å². The zero-order valence-electron chi connectivity index (χ0n) is 14.5. The van der Waals surface area contributed by atoms with E-state index in [4.69, 9.17) is 9.84 Å². The molecule has 2 N–H and O–H groups in total. The van der Waals surface area contributed by atoms with Gasteiger partial charge in [-0.15, -0.1) is 0 Å². The van der Waals surface area contributed by atoms with Gasteiger partial charge in [-0.2, -0.15) is 0 Å². The lowest BCUT2D eigenvalue weighted by Gasteiger charge is -2.18. The molecule has 0 aliphatic carbocycles. The molecule has 1 atom stereocenters. The molecule has 1 aliphatic heterocycles. The van der Waals surface area contributed by atoms with Crippen molar-refractivity contribution < 1.29 is 24.2 Å². The molecule has 0 radical (unpaired) electrons. The maximum absolute atomic E-state index is 11.9. The van der Waals surface area contributed by atoms with Crippen LogP contribution in [-0.4, -0.2) is 42.1 Å². The Bertz CT molecular complexity index is 644. The molecule has 0 unspecified atom stereocenters. The fourth-order valence-electron chi connectivity index (χ4n) is 2.74. The molecule has 2 rings (SSSR count). The van der Waals surface area contributed by atoms with Crippen LogP contribution in [-0.2, 0) is 14.4 Å². The number of nitrogens with zero attached hydrogens (tertiary/aromatic N) is 1. The number of anilines is 1. The van der Waals surface area contributed by atoms with E-state index in [2.05, 4.69) is 5.32 Å². The van der Waals surface area contributed by atoms with Crippen molar-refractivity contribution in [2.75, 3.05) is 18.1 Å². The molecule has 1 aliphatic rings. The van der Waals surface area contributed by atoms with Gasteiger partial charge in [0.25, 0.3) is 5.91 Å². The van der Waals surface area contributed by atoms with Crippen LogP contribution in [0.5, 0.6) is 5.75 Å². The summed E-state index contributed by atoms with van der Waals surface area (Å²) in [5.41, 5.74) is 0.739. The number of carbonyl (C=O) groups excluding carboxylic acids is 2. The number of hydrogen-bond donors (Lipinski definition) is 2. The van der Waals surface area contributed by atoms with E-state index in [0.717, 1.165) is 12.1 Å². The Morgan fingerprint density at radius 1 is 1.36 bits per heavy atom. The Labute approximate surface area is 147 Å². The van der Waals surface area contributed by atoms with Gasteiger partial charge in [0, 0.05) is 24.7 Å². The maximum atomic E-state index is 11.9. The van der Waals surface area contributed by atoms with Gasteiger partial charge in [0.1, 0.15) is 11.8 Å². The number of carbonyl (C=O) groups is 3. The third kappa shape index (κ3) is 5.48. The Morgan fingerprint density at radius 2 is 2.12 bits per heavy atom. The molecule has 136 valence electrons. The molecule has 1 saturated heterocycles. The van der Waals surface area contributed by atoms with Crippen LogP contribution in [0.3, 0.4) is 0 Å². The van der Waals surface area contributed by atoms with Gasteiger partial charge in [-0.1, -0.05) is 19.9 Å². The standard InChI is InChI=1S/C18H24N2O5/c1-12(2)9-15(18(23)24)19-16(21)11-25-14-6-3-5-13(10-14)20-8-4-7-17(20)22/h3,5-6,10,12,15H,4,7-9,11H2,1-2H3,(H,19,21)(H,23,24)/t15-/m1/s1. The predicted octanol–water partition coefficient (Wildman–Crippen LogP) is 1.81. The first kappa shape index (κ1) is 18.8. The monoisotopic (exact) mass is 348 g/mol. The fourth-order valence-corrected chi connectivity index (χ4v) is 2.74. The van der Waals surface area contributed by atoms with Crippen molar-refractivity contribution in [2.24, 2.45) is 5.92 Å². The summed E-state index contributed by atoms with van der Waals surface area (Å²) in [6.07, 6.45) is 1.73. The Kier molecular flexibility index (Phi) is 6.38. The quantitative estimate of drug-likeness (QED) is 0.747. The largest absolute Gasteiger partial charge is 0.484 e. The summed E-state index contributed by atoms with van der Waals surface area (Å²) in [7, 11) is 0. The molecule has 0 bridgehead atoms. The smallest absolute Gasteiger partial charge is 0.326 e. The number of amides is 2. The number of benzene rings is 1. The van der Waals surface area contributed by atoms with Gasteiger partial charge in [0.2, 0.25) is 5.91 Å². The van der Waals surface area contributed by atoms with E-state index in [9.17, 15) is 14.4 Å². The molecule has 1 fully saturated rings. The van der Waals surface area contributed by atoms with Crippen LogP contribution < -0.4 is 15.0 Å². The van der Waals surface area contributed by atoms with Crippen LogP contribution in [0.1, 0.15) is 33.1 Å². The van der Waals surface area contributed by atoms with Gasteiger partial charge in [-0.3, -0.25) is 9.59 Å². The average molecular weight is 348 g/mol. The summed E-state index contributed by atoms with van der Waals surface area (Å²) in [6, 6.07) is 6.05. The predicted molar refractivity (Wildman–Crippen MR) is 92.5 cm³/mol. The summed E-state index contributed by atoms with van der Waals surface area (Å²) in [4.78, 5) is 36.6. The second kappa shape index (κ2) is 8.50. The molecule has 25 heavy (non-hydrogen) atoms. The van der Waals surface area contributed by atoms with Crippen molar-refractivity contribution in [1.29, 1.82) is 0 Å². The minimum atomic E-state index is -1.06. The third-order valence-electron chi connectivity index (χ3n) is 3.91. The van der Waals surface area contributed by atoms with Crippen molar-refractivity contribution in [3.8, 4) is 5.75 Å². The van der Waals surface area contributed by atoms with Crippen molar-refractivity contribution in [2.45, 2.75) is 39.2 Å². The van der Waals surface area contributed by atoms with Crippen molar-refractivity contribution in [3.63, 3.8) is 0 Å². The topological polar surface area (TPSA) is 95.9 Å². The van der Waals surface area contributed by atoms with E-state index >= 15 is 0 Å². The highest BCUT2D eigenvalue weighted by molar-refractivity contribution is 5.95. The lowest BCUT2D eigenvalue weighted by Crippen LogP contribution is -2.43. The number of carboxylic acid groups (broad SMARTS) is 1. The molecular weight excluding hydrogens is 324 g/mol. The number of rotatable bonds is 8. The Hall–Kier alpha value is -2.57. The van der Waals surface area contributed by atoms with E-state index < -0.39 is 17.9 Å². The normalized spacial score (nSPS) is 15.3. The Morgan fingerprint density at radius 3 is 2.72 bits per heavy atom. The van der Waals surface area contributed by atoms with Gasteiger partial charge < -0.3 is 20.1 Å². The molecule has 7 heteroatoms. The van der Waals surface area contributed by atoms with Crippen LogP contribution in [0, 0.1) is 5.92 Å². The van der Waals surface area contributed by atoms with Crippen molar-refractivity contribution >= 4 is 23.5 Å². The number of nitrogens with one attached hydrogen (secondary N) is 1. The van der Waals surface area contributed by atoms with Gasteiger partial charge >= 0.3 is 5.97 Å². The number of carboxylic acids is 1. The summed E-state index contributed by atoms with van der Waals surface area (Å²) < 4.78 is 5.45. The van der Waals surface area contributed by atoms with Gasteiger partial charge in [-0.25, -0.2) is 4.79 Å². The van der Waals surface area contributed by atoms with E-state index in [1.165, 1.54) is 0 Å². The SMILES string of the molecule is CC(C)C[C@@H](NC(=O)COc1cccc(N2CCCC2=O)c1)C(=O)O. The molecule has 1 heterocycles. The van der Waals surface area contributed by atoms with Crippen LogP contribution >= 0.6 is 0 Å². The van der Waals surface area contributed by atoms with Crippen LogP contribution in [0.25, 0.3) is 0 Å². The van der Waals surface area contributed by atoms with E-state index in [-0.39, 0.29) is 18.4 Å². The van der Waals surface area contributed by atoms with Crippen LogP contribution in [0.4, 0.5) is 5.69 Å². The molecule has 1 aromatic rings. The highest BCUT2D eigenvalue weighted by atomic mass is 16.5. The lowest BCUT2D eigenvalue weighted by molar-refractivity contribution is -0.142. The number of hydrogen-bond acceptors (Lipinski definition) is 4. The number of aliphatic carboxylic acids is 1. The highest BCUT2D eigenvalue weighted by Crippen LogP contribution is 2.25. The van der Waals surface area contributed by atoms with Crippen LogP contribution in [0.2, 0.25) is 0 Å². The first-order chi connectivity index (χ1) is 11.9.